The highest BCUT2D eigenvalue weighted by Crippen LogP contribution is 2.29. The number of nitrogens with one attached hydrogen (secondary N) is 2. The lowest BCUT2D eigenvalue weighted by Crippen LogP contribution is -2.30. The van der Waals surface area contributed by atoms with Crippen molar-refractivity contribution in [3.05, 3.63) is 35.2 Å². The van der Waals surface area contributed by atoms with E-state index in [1.165, 1.54) is 19.1 Å². The van der Waals surface area contributed by atoms with Gasteiger partial charge in [0.2, 0.25) is 11.8 Å². The summed E-state index contributed by atoms with van der Waals surface area (Å²) < 4.78 is 84.2. The van der Waals surface area contributed by atoms with Crippen LogP contribution in [0.3, 0.4) is 0 Å². The number of methoxy groups -OCH3 is 1. The first kappa shape index (κ1) is 22.0. The summed E-state index contributed by atoms with van der Waals surface area (Å²) >= 11 is 0. The van der Waals surface area contributed by atoms with E-state index < -0.39 is 48.6 Å². The summed E-state index contributed by atoms with van der Waals surface area (Å²) in [6, 6.07) is 2.11. The summed E-state index contributed by atoms with van der Waals surface area (Å²) in [7, 11) is 1.01. The van der Waals surface area contributed by atoms with Crippen LogP contribution in [-0.4, -0.2) is 34.5 Å². The highest BCUT2D eigenvalue weighted by molar-refractivity contribution is 5.87. The van der Waals surface area contributed by atoms with Crippen LogP contribution < -0.4 is 20.1 Å². The molecule has 0 aliphatic heterocycles. The Hall–Kier alpha value is -3.32. The molecular formula is C15H13F6N5O3. The largest absolute Gasteiger partial charge is 0.573 e. The molecule has 1 aromatic heterocycles. The van der Waals surface area contributed by atoms with Gasteiger partial charge in [0.25, 0.3) is 0 Å². The second-order valence-corrected chi connectivity index (χ2v) is 5.37. The molecule has 0 aliphatic rings. The summed E-state index contributed by atoms with van der Waals surface area (Å²) in [6.07, 6.45) is -9.87. The van der Waals surface area contributed by atoms with E-state index in [0.717, 1.165) is 13.2 Å². The van der Waals surface area contributed by atoms with Gasteiger partial charge in [-0.25, -0.2) is 4.79 Å². The van der Waals surface area contributed by atoms with Crippen LogP contribution in [0.4, 0.5) is 37.1 Å². The zero-order valence-corrected chi connectivity index (χ0v) is 14.8. The molecule has 1 heterocycles. The molecule has 0 saturated carbocycles. The van der Waals surface area contributed by atoms with Crippen LogP contribution in [0.2, 0.25) is 0 Å². The van der Waals surface area contributed by atoms with Crippen LogP contribution in [0.15, 0.2) is 18.2 Å². The molecule has 0 fully saturated rings. The number of nitrogens with zero attached hydrogens (tertiary/aromatic N) is 3. The van der Waals surface area contributed by atoms with Crippen molar-refractivity contribution in [2.75, 3.05) is 12.4 Å². The maximum absolute atomic E-state index is 12.8. The van der Waals surface area contributed by atoms with Crippen molar-refractivity contribution in [2.24, 2.45) is 0 Å². The Morgan fingerprint density at radius 2 is 1.79 bits per heavy atom. The molecule has 14 heteroatoms. The van der Waals surface area contributed by atoms with Gasteiger partial charge < -0.3 is 14.8 Å². The molecule has 0 bridgehead atoms. The second kappa shape index (κ2) is 8.36. The quantitative estimate of drug-likeness (QED) is 0.713. The highest BCUT2D eigenvalue weighted by Gasteiger charge is 2.36. The van der Waals surface area contributed by atoms with Crippen molar-refractivity contribution >= 4 is 12.0 Å². The molecule has 2 amide bonds. The summed E-state index contributed by atoms with van der Waals surface area (Å²) in [6.45, 7) is 1.07. The van der Waals surface area contributed by atoms with Gasteiger partial charge in [0, 0.05) is 12.1 Å². The standard InChI is InChI=1S/C15H13F6N5O3/c1-7-4-3-5-9(29-15(19,20)21)8(7)6-22-12(27)25-11-23-10(14(16,17)18)24-13(26-11)28-2/h3-5H,6H2,1-2H3,(H2,22,23,24,25,26,27). The molecule has 0 spiro atoms. The van der Waals surface area contributed by atoms with Crippen LogP contribution in [0.25, 0.3) is 0 Å². The Balaban J connectivity index is 2.14. The third kappa shape index (κ3) is 6.36. The lowest BCUT2D eigenvalue weighted by Gasteiger charge is -2.16. The maximum atomic E-state index is 12.8. The summed E-state index contributed by atoms with van der Waals surface area (Å²) in [5.41, 5.74) is 0.400. The summed E-state index contributed by atoms with van der Waals surface area (Å²) in [5.74, 6) is -2.89. The monoisotopic (exact) mass is 425 g/mol. The van der Waals surface area contributed by atoms with Gasteiger partial charge in [0.15, 0.2) is 0 Å². The Kier molecular flexibility index (Phi) is 6.34. The number of ether oxygens (including phenoxy) is 2. The number of hydrogen-bond donors (Lipinski definition) is 2. The van der Waals surface area contributed by atoms with Crippen molar-refractivity contribution in [1.29, 1.82) is 0 Å². The van der Waals surface area contributed by atoms with Crippen LogP contribution >= 0.6 is 0 Å². The van der Waals surface area contributed by atoms with Crippen molar-refractivity contribution < 1.29 is 40.6 Å². The maximum Gasteiger partial charge on any atom is 0.573 e. The molecule has 2 N–H and O–H groups in total. The van der Waals surface area contributed by atoms with E-state index in [2.05, 4.69) is 29.7 Å². The van der Waals surface area contributed by atoms with Gasteiger partial charge >= 0.3 is 24.6 Å². The predicted octanol–water partition coefficient (Wildman–Crippen LogP) is 3.43. The predicted molar refractivity (Wildman–Crippen MR) is 85.1 cm³/mol. The number of benzene rings is 1. The van der Waals surface area contributed by atoms with E-state index in [-0.39, 0.29) is 5.56 Å². The topological polar surface area (TPSA) is 98.3 Å². The van der Waals surface area contributed by atoms with Crippen LogP contribution in [-0.2, 0) is 12.7 Å². The van der Waals surface area contributed by atoms with Crippen molar-refractivity contribution in [3.8, 4) is 11.8 Å². The first-order chi connectivity index (χ1) is 13.4. The number of aryl methyl sites for hydroxylation is 1. The van der Waals surface area contributed by atoms with E-state index in [0.29, 0.717) is 5.56 Å². The van der Waals surface area contributed by atoms with Crippen LogP contribution in [0.5, 0.6) is 11.8 Å². The third-order valence-corrected chi connectivity index (χ3v) is 3.30. The number of aromatic nitrogens is 3. The number of amides is 2. The average molecular weight is 425 g/mol. The fraction of sp³-hybridized carbons (Fsp3) is 0.333. The first-order valence-electron chi connectivity index (χ1n) is 7.65. The van der Waals surface area contributed by atoms with Gasteiger partial charge in [-0.3, -0.25) is 5.32 Å². The van der Waals surface area contributed by atoms with Gasteiger partial charge in [-0.1, -0.05) is 12.1 Å². The Morgan fingerprint density at radius 1 is 1.10 bits per heavy atom. The molecule has 0 atom stereocenters. The highest BCUT2D eigenvalue weighted by atomic mass is 19.4. The summed E-state index contributed by atoms with van der Waals surface area (Å²) in [5, 5.41) is 4.12. The number of carbonyl (C=O) groups excluding carboxylic acids is 1. The van der Waals surface area contributed by atoms with Crippen LogP contribution in [0, 0.1) is 6.92 Å². The number of alkyl halides is 6. The smallest absolute Gasteiger partial charge is 0.467 e. The van der Waals surface area contributed by atoms with Crippen molar-refractivity contribution in [2.45, 2.75) is 26.0 Å². The van der Waals surface area contributed by atoms with E-state index in [1.54, 1.807) is 0 Å². The van der Waals surface area contributed by atoms with Gasteiger partial charge in [0.1, 0.15) is 5.75 Å². The first-order valence-corrected chi connectivity index (χ1v) is 7.65. The average Bonchev–Trinajstić information content (AvgIpc) is 2.58. The van der Waals surface area contributed by atoms with E-state index >= 15 is 0 Å². The molecule has 8 nitrogen and oxygen atoms in total. The van der Waals surface area contributed by atoms with Gasteiger partial charge in [0.05, 0.1) is 7.11 Å². The normalized spacial score (nSPS) is 11.7. The van der Waals surface area contributed by atoms with Crippen LogP contribution in [0.1, 0.15) is 17.0 Å². The molecule has 0 saturated heterocycles. The molecule has 1 aromatic carbocycles. The molecule has 2 aromatic rings. The zero-order chi connectivity index (χ0) is 21.8. The number of carbonyl (C=O) groups is 1. The number of urea groups is 1. The molecular weight excluding hydrogens is 412 g/mol. The lowest BCUT2D eigenvalue weighted by atomic mass is 10.1. The van der Waals surface area contributed by atoms with E-state index in [1.807, 2.05) is 5.32 Å². The second-order valence-electron chi connectivity index (χ2n) is 5.37. The SMILES string of the molecule is COc1nc(NC(=O)NCc2c(C)cccc2OC(F)(F)F)nc(C(F)(F)F)n1. The number of hydrogen-bond acceptors (Lipinski definition) is 6. The number of rotatable bonds is 5. The van der Waals surface area contributed by atoms with Gasteiger partial charge in [-0.2, -0.15) is 28.1 Å². The van der Waals surface area contributed by atoms with Crippen molar-refractivity contribution in [3.63, 3.8) is 0 Å². The summed E-state index contributed by atoms with van der Waals surface area (Å²) in [4.78, 5) is 21.5. The molecule has 29 heavy (non-hydrogen) atoms. The Labute approximate surface area is 159 Å². The number of halogens is 6. The van der Waals surface area contributed by atoms with Crippen molar-refractivity contribution in [1.82, 2.24) is 20.3 Å². The minimum absolute atomic E-state index is 0.0178. The molecule has 0 aliphatic carbocycles. The molecule has 158 valence electrons. The zero-order valence-electron chi connectivity index (χ0n) is 14.8. The minimum atomic E-state index is -4.94. The van der Waals surface area contributed by atoms with Gasteiger partial charge in [-0.05, 0) is 18.6 Å². The molecule has 0 radical (unpaired) electrons. The molecule has 2 rings (SSSR count). The Morgan fingerprint density at radius 3 is 2.38 bits per heavy atom. The fourth-order valence-electron chi connectivity index (χ4n) is 2.07. The minimum Gasteiger partial charge on any atom is -0.467 e. The number of anilines is 1. The Bertz CT molecular complexity index is 888. The van der Waals surface area contributed by atoms with E-state index in [9.17, 15) is 31.1 Å². The van der Waals surface area contributed by atoms with E-state index in [4.69, 9.17) is 0 Å². The van der Waals surface area contributed by atoms with Gasteiger partial charge in [-0.15, -0.1) is 13.2 Å². The fourth-order valence-corrected chi connectivity index (χ4v) is 2.07. The molecule has 0 unspecified atom stereocenters. The third-order valence-electron chi connectivity index (χ3n) is 3.30. The lowest BCUT2D eigenvalue weighted by molar-refractivity contribution is -0.274.